The molecule has 3 heteroatoms. The van der Waals surface area contributed by atoms with Gasteiger partial charge in [-0.2, -0.15) is 0 Å². The number of carbonyl (C=O) groups excluding carboxylic acids is 1. The van der Waals surface area contributed by atoms with Crippen LogP contribution in [0.1, 0.15) is 51.9 Å². The number of nitrogens with zero attached hydrogens (tertiary/aromatic N) is 1. The predicted molar refractivity (Wildman–Crippen MR) is 69.8 cm³/mol. The van der Waals surface area contributed by atoms with Crippen LogP contribution in [-0.2, 0) is 4.79 Å². The van der Waals surface area contributed by atoms with E-state index in [2.05, 4.69) is 17.1 Å². The third kappa shape index (κ3) is 2.82. The van der Waals surface area contributed by atoms with E-state index in [0.717, 1.165) is 6.54 Å². The summed E-state index contributed by atoms with van der Waals surface area (Å²) in [5.41, 5.74) is 0. The maximum absolute atomic E-state index is 12.5. The van der Waals surface area contributed by atoms with Gasteiger partial charge in [0, 0.05) is 12.6 Å². The molecule has 0 aromatic carbocycles. The number of amides is 1. The van der Waals surface area contributed by atoms with Crippen molar-refractivity contribution >= 4 is 5.91 Å². The fourth-order valence-corrected chi connectivity index (χ4v) is 3.45. The molecule has 1 N–H and O–H groups in total. The smallest absolute Gasteiger partial charge is 0.240 e. The number of rotatable bonds is 2. The summed E-state index contributed by atoms with van der Waals surface area (Å²) >= 11 is 0. The first-order valence-corrected chi connectivity index (χ1v) is 7.21. The fraction of sp³-hybridized carbons (Fsp3) is 0.929. The Kier molecular flexibility index (Phi) is 4.43. The fourth-order valence-electron chi connectivity index (χ4n) is 3.45. The van der Waals surface area contributed by atoms with Gasteiger partial charge >= 0.3 is 0 Å². The van der Waals surface area contributed by atoms with Crippen LogP contribution in [0.4, 0.5) is 0 Å². The van der Waals surface area contributed by atoms with Crippen LogP contribution in [-0.4, -0.2) is 36.5 Å². The molecule has 3 nitrogen and oxygen atoms in total. The van der Waals surface area contributed by atoms with Gasteiger partial charge in [0.15, 0.2) is 0 Å². The molecule has 0 aromatic heterocycles. The van der Waals surface area contributed by atoms with Gasteiger partial charge in [-0.3, -0.25) is 4.79 Å². The maximum Gasteiger partial charge on any atom is 0.240 e. The lowest BCUT2D eigenvalue weighted by Gasteiger charge is -2.35. The van der Waals surface area contributed by atoms with E-state index in [1.165, 1.54) is 44.9 Å². The van der Waals surface area contributed by atoms with Crippen molar-refractivity contribution in [2.75, 3.05) is 13.6 Å². The van der Waals surface area contributed by atoms with Gasteiger partial charge in [-0.05, 0) is 38.6 Å². The molecule has 0 aromatic rings. The predicted octanol–water partition coefficient (Wildman–Crippen LogP) is 2.17. The van der Waals surface area contributed by atoms with Crippen LogP contribution in [0.2, 0.25) is 0 Å². The summed E-state index contributed by atoms with van der Waals surface area (Å²) in [6, 6.07) is 0.567. The topological polar surface area (TPSA) is 32.3 Å². The summed E-state index contributed by atoms with van der Waals surface area (Å²) in [7, 11) is 1.92. The van der Waals surface area contributed by atoms with Gasteiger partial charge in [-0.1, -0.05) is 26.2 Å². The van der Waals surface area contributed by atoms with Gasteiger partial charge in [-0.25, -0.2) is 0 Å². The first kappa shape index (κ1) is 12.9. The average molecular weight is 238 g/mol. The minimum atomic E-state index is 0.0411. The molecule has 1 aliphatic heterocycles. The highest BCUT2D eigenvalue weighted by Gasteiger charge is 2.34. The van der Waals surface area contributed by atoms with Gasteiger partial charge < -0.3 is 10.2 Å². The highest BCUT2D eigenvalue weighted by atomic mass is 16.2. The zero-order chi connectivity index (χ0) is 12.3. The van der Waals surface area contributed by atoms with Crippen LogP contribution in [0.5, 0.6) is 0 Å². The number of likely N-dealkylation sites (tertiary alicyclic amines) is 1. The van der Waals surface area contributed by atoms with Crippen LogP contribution in [0.3, 0.4) is 0 Å². The third-order valence-corrected chi connectivity index (χ3v) is 4.50. The molecule has 0 bridgehead atoms. The van der Waals surface area contributed by atoms with E-state index in [9.17, 15) is 4.79 Å². The van der Waals surface area contributed by atoms with Gasteiger partial charge in [-0.15, -0.1) is 0 Å². The van der Waals surface area contributed by atoms with Crippen molar-refractivity contribution in [2.24, 2.45) is 5.92 Å². The average Bonchev–Trinajstić information content (AvgIpc) is 2.49. The molecule has 2 rings (SSSR count). The van der Waals surface area contributed by atoms with Crippen LogP contribution < -0.4 is 5.32 Å². The van der Waals surface area contributed by atoms with E-state index in [0.29, 0.717) is 17.9 Å². The van der Waals surface area contributed by atoms with Crippen molar-refractivity contribution < 1.29 is 4.79 Å². The molecule has 1 heterocycles. The van der Waals surface area contributed by atoms with Crippen molar-refractivity contribution in [3.05, 3.63) is 0 Å². The Morgan fingerprint density at radius 3 is 2.47 bits per heavy atom. The quantitative estimate of drug-likeness (QED) is 0.799. The summed E-state index contributed by atoms with van der Waals surface area (Å²) in [5.74, 6) is 0.825. The second-order valence-corrected chi connectivity index (χ2v) is 5.71. The summed E-state index contributed by atoms with van der Waals surface area (Å²) < 4.78 is 0. The van der Waals surface area contributed by atoms with Gasteiger partial charge in [0.25, 0.3) is 0 Å². The van der Waals surface area contributed by atoms with Gasteiger partial charge in [0.2, 0.25) is 5.91 Å². The largest absolute Gasteiger partial charge is 0.338 e. The van der Waals surface area contributed by atoms with Gasteiger partial charge in [0.1, 0.15) is 0 Å². The molecule has 1 saturated heterocycles. The zero-order valence-corrected chi connectivity index (χ0v) is 11.2. The molecule has 0 radical (unpaired) electrons. The van der Waals surface area contributed by atoms with Crippen molar-refractivity contribution in [3.63, 3.8) is 0 Å². The molecule has 2 fully saturated rings. The van der Waals surface area contributed by atoms with Crippen LogP contribution >= 0.6 is 0 Å². The van der Waals surface area contributed by atoms with Crippen molar-refractivity contribution in [1.82, 2.24) is 10.2 Å². The van der Waals surface area contributed by atoms with Gasteiger partial charge in [0.05, 0.1) is 6.04 Å². The van der Waals surface area contributed by atoms with E-state index in [1.54, 1.807) is 0 Å². The van der Waals surface area contributed by atoms with Crippen molar-refractivity contribution in [2.45, 2.75) is 64.0 Å². The monoisotopic (exact) mass is 238 g/mol. The normalized spacial score (nSPS) is 32.6. The molecule has 2 atom stereocenters. The molecule has 0 spiro atoms. The van der Waals surface area contributed by atoms with E-state index in [4.69, 9.17) is 0 Å². The van der Waals surface area contributed by atoms with E-state index in [-0.39, 0.29) is 6.04 Å². The Morgan fingerprint density at radius 1 is 1.12 bits per heavy atom. The molecule has 1 aliphatic carbocycles. The first-order chi connectivity index (χ1) is 8.24. The van der Waals surface area contributed by atoms with Crippen molar-refractivity contribution in [3.8, 4) is 0 Å². The van der Waals surface area contributed by atoms with E-state index >= 15 is 0 Å². The molecule has 2 unspecified atom stereocenters. The minimum absolute atomic E-state index is 0.0411. The number of hydrogen-bond donors (Lipinski definition) is 1. The first-order valence-electron chi connectivity index (χ1n) is 7.21. The Morgan fingerprint density at radius 2 is 1.82 bits per heavy atom. The molecular formula is C14H26N2O. The molecule has 98 valence electrons. The summed E-state index contributed by atoms with van der Waals surface area (Å²) in [6.45, 7) is 3.18. The highest BCUT2D eigenvalue weighted by Crippen LogP contribution is 2.27. The summed E-state index contributed by atoms with van der Waals surface area (Å²) in [6.07, 6.45) is 8.72. The Balaban J connectivity index is 2.07. The molecule has 1 saturated carbocycles. The van der Waals surface area contributed by atoms with Crippen LogP contribution in [0.15, 0.2) is 0 Å². The molecule has 2 aliphatic rings. The number of likely N-dealkylation sites (N-methyl/N-ethyl adjacent to an activating group) is 1. The second-order valence-electron chi connectivity index (χ2n) is 5.71. The minimum Gasteiger partial charge on any atom is -0.338 e. The van der Waals surface area contributed by atoms with E-state index in [1.807, 2.05) is 7.05 Å². The van der Waals surface area contributed by atoms with Crippen molar-refractivity contribution in [1.29, 1.82) is 0 Å². The highest BCUT2D eigenvalue weighted by molar-refractivity contribution is 5.82. The molecule has 1 amide bonds. The number of carbonyl (C=O) groups is 1. The maximum atomic E-state index is 12.5. The molecular weight excluding hydrogens is 212 g/mol. The van der Waals surface area contributed by atoms with Crippen LogP contribution in [0.25, 0.3) is 0 Å². The molecule has 17 heavy (non-hydrogen) atoms. The number of nitrogens with one attached hydrogen (secondary N) is 1. The lowest BCUT2D eigenvalue weighted by molar-refractivity contribution is -0.136. The lowest BCUT2D eigenvalue weighted by Crippen LogP contribution is -2.50. The standard InChI is InChI=1S/C14H26N2O/c1-11-7-6-10-16(14(17)13(11)15-2)12-8-4-3-5-9-12/h11-13,15H,3-10H2,1-2H3. The Labute approximate surface area is 105 Å². The summed E-state index contributed by atoms with van der Waals surface area (Å²) in [5, 5.41) is 3.22. The SMILES string of the molecule is CNC1C(=O)N(C2CCCCC2)CCCC1C. The van der Waals surface area contributed by atoms with Crippen LogP contribution in [0, 0.1) is 5.92 Å². The number of hydrogen-bond acceptors (Lipinski definition) is 2. The third-order valence-electron chi connectivity index (χ3n) is 4.50. The lowest BCUT2D eigenvalue weighted by atomic mass is 9.93. The zero-order valence-electron chi connectivity index (χ0n) is 11.2. The Bertz CT molecular complexity index is 261. The summed E-state index contributed by atoms with van der Waals surface area (Å²) in [4.78, 5) is 14.7. The second kappa shape index (κ2) is 5.85. The van der Waals surface area contributed by atoms with E-state index < -0.39 is 0 Å². The Hall–Kier alpha value is -0.570.